The zero-order chi connectivity index (χ0) is 19.0. The molecule has 2 aromatic rings. The number of ether oxygens (including phenoxy) is 2. The lowest BCUT2D eigenvalue weighted by molar-refractivity contribution is -0.0448. The first-order chi connectivity index (χ1) is 12.4. The molecule has 4 nitrogen and oxygen atoms in total. The van der Waals surface area contributed by atoms with Crippen molar-refractivity contribution in [2.45, 2.75) is 26.4 Å². The first kappa shape index (κ1) is 19.9. The topological polar surface area (TPSA) is 55.8 Å². The van der Waals surface area contributed by atoms with Crippen molar-refractivity contribution in [1.29, 1.82) is 0 Å². The van der Waals surface area contributed by atoms with Crippen LogP contribution in [0, 0.1) is 0 Å². The molecule has 0 aliphatic rings. The average Bonchev–Trinajstić information content (AvgIpc) is 2.68. The van der Waals surface area contributed by atoms with Crippen molar-refractivity contribution < 1.29 is 19.4 Å². The van der Waals surface area contributed by atoms with Gasteiger partial charge in [-0.05, 0) is 50.6 Å². The monoisotopic (exact) mass is 354 g/mol. The minimum atomic E-state index is -0.576. The number of aliphatic hydroxyl groups excluding tert-OH is 1. The highest BCUT2D eigenvalue weighted by Gasteiger charge is 2.17. The van der Waals surface area contributed by atoms with E-state index in [1.54, 1.807) is 36.4 Å². The number of carbonyl (C=O) groups excluding carboxylic acids is 1. The van der Waals surface area contributed by atoms with E-state index in [0.717, 1.165) is 5.57 Å². The number of allylic oxidation sites excluding steroid dienone is 1. The van der Waals surface area contributed by atoms with Gasteiger partial charge in [-0.1, -0.05) is 36.4 Å². The second-order valence-electron chi connectivity index (χ2n) is 6.66. The van der Waals surface area contributed by atoms with Gasteiger partial charge in [0.05, 0.1) is 18.8 Å². The number of ketones is 1. The number of hydrogen-bond donors (Lipinski definition) is 1. The summed E-state index contributed by atoms with van der Waals surface area (Å²) in [7, 11) is 0. The maximum Gasteiger partial charge on any atom is 0.193 e. The summed E-state index contributed by atoms with van der Waals surface area (Å²) in [5, 5.41) is 9.24. The molecule has 0 bridgehead atoms. The van der Waals surface area contributed by atoms with Gasteiger partial charge in [-0.3, -0.25) is 4.79 Å². The Morgan fingerprint density at radius 2 is 1.62 bits per heavy atom. The van der Waals surface area contributed by atoms with Crippen LogP contribution < -0.4 is 4.74 Å². The predicted octanol–water partition coefficient (Wildman–Crippen LogP) is 4.03. The number of aliphatic hydroxyl groups is 1. The molecule has 0 fully saturated rings. The van der Waals surface area contributed by atoms with Crippen LogP contribution in [0.15, 0.2) is 66.2 Å². The molecule has 0 atom stereocenters. The molecule has 0 unspecified atom stereocenters. The Morgan fingerprint density at radius 1 is 1.00 bits per heavy atom. The SMILES string of the molecule is C/C=C(/COc1ccc(C(=O)c2ccccc2)cc1)COC(C)(C)CO. The van der Waals surface area contributed by atoms with Crippen LogP contribution in [0.1, 0.15) is 36.7 Å². The first-order valence-corrected chi connectivity index (χ1v) is 8.66. The maximum absolute atomic E-state index is 12.4. The molecule has 0 aliphatic heterocycles. The number of benzene rings is 2. The fourth-order valence-corrected chi connectivity index (χ4v) is 2.18. The van der Waals surface area contributed by atoms with Crippen LogP contribution in [0.5, 0.6) is 5.75 Å². The van der Waals surface area contributed by atoms with Gasteiger partial charge in [-0.25, -0.2) is 0 Å². The Hall–Kier alpha value is -2.43. The summed E-state index contributed by atoms with van der Waals surface area (Å²) in [6.07, 6.45) is 1.95. The smallest absolute Gasteiger partial charge is 0.193 e. The molecule has 0 saturated carbocycles. The van der Waals surface area contributed by atoms with Gasteiger partial charge in [0.25, 0.3) is 0 Å². The molecule has 1 N–H and O–H groups in total. The van der Waals surface area contributed by atoms with Gasteiger partial charge < -0.3 is 14.6 Å². The molecule has 2 rings (SSSR count). The van der Waals surface area contributed by atoms with E-state index >= 15 is 0 Å². The van der Waals surface area contributed by atoms with Crippen LogP contribution in [-0.4, -0.2) is 36.3 Å². The Kier molecular flexibility index (Phi) is 7.13. The normalized spacial score (nSPS) is 12.1. The summed E-state index contributed by atoms with van der Waals surface area (Å²) < 4.78 is 11.5. The van der Waals surface area contributed by atoms with Crippen LogP contribution in [0.4, 0.5) is 0 Å². The van der Waals surface area contributed by atoms with Crippen molar-refractivity contribution >= 4 is 5.78 Å². The lowest BCUT2D eigenvalue weighted by atomic mass is 10.0. The van der Waals surface area contributed by atoms with Crippen molar-refractivity contribution in [2.75, 3.05) is 19.8 Å². The van der Waals surface area contributed by atoms with Crippen molar-refractivity contribution in [3.63, 3.8) is 0 Å². The zero-order valence-electron chi connectivity index (χ0n) is 15.6. The Morgan fingerprint density at radius 3 is 2.19 bits per heavy atom. The third kappa shape index (κ3) is 5.83. The average molecular weight is 354 g/mol. The van der Waals surface area contributed by atoms with E-state index in [4.69, 9.17) is 9.47 Å². The highest BCUT2D eigenvalue weighted by molar-refractivity contribution is 6.08. The van der Waals surface area contributed by atoms with Gasteiger partial charge in [-0.2, -0.15) is 0 Å². The molecule has 4 heteroatoms. The van der Waals surface area contributed by atoms with Crippen LogP contribution in [0.3, 0.4) is 0 Å². The van der Waals surface area contributed by atoms with Crippen LogP contribution in [0.2, 0.25) is 0 Å². The van der Waals surface area contributed by atoms with E-state index in [2.05, 4.69) is 0 Å². The third-order valence-corrected chi connectivity index (χ3v) is 4.01. The largest absolute Gasteiger partial charge is 0.489 e. The molecule has 0 aromatic heterocycles. The van der Waals surface area contributed by atoms with Crippen molar-refractivity contribution in [1.82, 2.24) is 0 Å². The third-order valence-electron chi connectivity index (χ3n) is 4.01. The van der Waals surface area contributed by atoms with Crippen molar-refractivity contribution in [3.8, 4) is 5.75 Å². The van der Waals surface area contributed by atoms with Gasteiger partial charge >= 0.3 is 0 Å². The van der Waals surface area contributed by atoms with E-state index in [0.29, 0.717) is 30.1 Å². The molecule has 0 aliphatic carbocycles. The molecular formula is C22H26O4. The highest BCUT2D eigenvalue weighted by Crippen LogP contribution is 2.17. The van der Waals surface area contributed by atoms with Crippen LogP contribution in [0.25, 0.3) is 0 Å². The van der Waals surface area contributed by atoms with Crippen LogP contribution >= 0.6 is 0 Å². The maximum atomic E-state index is 12.4. The van der Waals surface area contributed by atoms with E-state index in [9.17, 15) is 9.90 Å². The second kappa shape index (κ2) is 9.32. The molecule has 0 spiro atoms. The lowest BCUT2D eigenvalue weighted by Gasteiger charge is -2.23. The number of carbonyl (C=O) groups is 1. The summed E-state index contributed by atoms with van der Waals surface area (Å²) in [6, 6.07) is 16.3. The fourth-order valence-electron chi connectivity index (χ4n) is 2.18. The first-order valence-electron chi connectivity index (χ1n) is 8.66. The Labute approximate surface area is 155 Å². The molecule has 0 radical (unpaired) electrons. The van der Waals surface area contributed by atoms with Crippen molar-refractivity contribution in [3.05, 3.63) is 77.4 Å². The summed E-state index contributed by atoms with van der Waals surface area (Å²) in [4.78, 5) is 12.4. The van der Waals surface area contributed by atoms with Gasteiger partial charge in [0.2, 0.25) is 0 Å². The Bertz CT molecular complexity index is 730. The molecule has 0 saturated heterocycles. The second-order valence-corrected chi connectivity index (χ2v) is 6.66. The van der Waals surface area contributed by atoms with Crippen LogP contribution in [-0.2, 0) is 4.74 Å². The minimum Gasteiger partial charge on any atom is -0.489 e. The molecule has 26 heavy (non-hydrogen) atoms. The van der Waals surface area contributed by atoms with Crippen molar-refractivity contribution in [2.24, 2.45) is 0 Å². The van der Waals surface area contributed by atoms with E-state index in [1.165, 1.54) is 0 Å². The minimum absolute atomic E-state index is 0.00840. The molecule has 2 aromatic carbocycles. The molecule has 0 amide bonds. The summed E-state index contributed by atoms with van der Waals surface area (Å²) >= 11 is 0. The van der Waals surface area contributed by atoms with Gasteiger partial charge in [0.1, 0.15) is 12.4 Å². The summed E-state index contributed by atoms with van der Waals surface area (Å²) in [6.45, 7) is 6.35. The van der Waals surface area contributed by atoms with Gasteiger partial charge in [-0.15, -0.1) is 0 Å². The molecular weight excluding hydrogens is 328 g/mol. The van der Waals surface area contributed by atoms with Gasteiger partial charge in [0.15, 0.2) is 5.78 Å². The molecule has 0 heterocycles. The van der Waals surface area contributed by atoms with Gasteiger partial charge in [0, 0.05) is 11.1 Å². The predicted molar refractivity (Wildman–Crippen MR) is 103 cm³/mol. The standard InChI is InChI=1S/C22H26O4/c1-4-17(15-26-22(2,3)16-23)14-25-20-12-10-19(11-13-20)21(24)18-8-6-5-7-9-18/h4-13,23H,14-16H2,1-3H3/b17-4-. The van der Waals surface area contributed by atoms with E-state index in [1.807, 2.05) is 45.0 Å². The number of hydrogen-bond acceptors (Lipinski definition) is 4. The Balaban J connectivity index is 1.91. The highest BCUT2D eigenvalue weighted by atomic mass is 16.5. The quantitative estimate of drug-likeness (QED) is 0.546. The number of rotatable bonds is 9. The lowest BCUT2D eigenvalue weighted by Crippen LogP contribution is -2.30. The van der Waals surface area contributed by atoms with E-state index < -0.39 is 5.60 Å². The van der Waals surface area contributed by atoms with E-state index in [-0.39, 0.29) is 12.4 Å². The zero-order valence-corrected chi connectivity index (χ0v) is 15.6. The molecule has 138 valence electrons. The summed E-state index contributed by atoms with van der Waals surface area (Å²) in [5.41, 5.74) is 1.70. The summed E-state index contributed by atoms with van der Waals surface area (Å²) in [5.74, 6) is 0.682. The fraction of sp³-hybridized carbons (Fsp3) is 0.318.